The van der Waals surface area contributed by atoms with Crippen LogP contribution in [0.5, 0.6) is 0 Å². The molecule has 1 heterocycles. The highest BCUT2D eigenvalue weighted by Gasteiger charge is 2.07. The number of alkyl halides is 1. The maximum Gasteiger partial charge on any atom is 0.0780 e. The fourth-order valence-corrected chi connectivity index (χ4v) is 2.98. The summed E-state index contributed by atoms with van der Waals surface area (Å²) in [6, 6.07) is 16.7. The number of aromatic nitrogens is 1. The summed E-state index contributed by atoms with van der Waals surface area (Å²) in [6.45, 7) is 0. The molecule has 0 aliphatic carbocycles. The van der Waals surface area contributed by atoms with Crippen LogP contribution in [-0.4, -0.2) is 4.98 Å². The van der Waals surface area contributed by atoms with Gasteiger partial charge in [0, 0.05) is 26.9 Å². The van der Waals surface area contributed by atoms with Crippen molar-refractivity contribution in [1.82, 2.24) is 4.98 Å². The minimum absolute atomic E-state index is 0.855. The molecule has 3 rings (SSSR count). The zero-order valence-electron chi connectivity index (χ0n) is 10.1. The number of pyridine rings is 1. The second kappa shape index (κ2) is 5.43. The van der Waals surface area contributed by atoms with Crippen molar-refractivity contribution in [3.8, 4) is 11.3 Å². The lowest BCUT2D eigenvalue weighted by molar-refractivity contribution is 1.34. The van der Waals surface area contributed by atoms with Crippen molar-refractivity contribution in [2.75, 3.05) is 0 Å². The highest BCUT2D eigenvalue weighted by molar-refractivity contribution is 9.10. The maximum atomic E-state index is 4.55. The molecule has 0 N–H and O–H groups in total. The molecular formula is C16H11Br2N. The second-order valence-electron chi connectivity index (χ2n) is 4.31. The molecule has 94 valence electrons. The molecule has 0 spiro atoms. The lowest BCUT2D eigenvalue weighted by atomic mass is 10.0. The van der Waals surface area contributed by atoms with E-state index in [4.69, 9.17) is 0 Å². The molecule has 0 aliphatic rings. The van der Waals surface area contributed by atoms with Gasteiger partial charge in [0.2, 0.25) is 0 Å². The Morgan fingerprint density at radius 2 is 1.68 bits per heavy atom. The van der Waals surface area contributed by atoms with Crippen molar-refractivity contribution >= 4 is 42.6 Å². The van der Waals surface area contributed by atoms with Crippen molar-refractivity contribution < 1.29 is 0 Å². The lowest BCUT2D eigenvalue weighted by Gasteiger charge is -2.08. The van der Waals surface area contributed by atoms with Gasteiger partial charge in [-0.15, -0.1) is 0 Å². The van der Waals surface area contributed by atoms with E-state index in [2.05, 4.69) is 73.2 Å². The Labute approximate surface area is 128 Å². The number of hydrogen-bond acceptors (Lipinski definition) is 1. The van der Waals surface area contributed by atoms with Crippen LogP contribution in [0.15, 0.2) is 59.2 Å². The topological polar surface area (TPSA) is 12.9 Å². The highest BCUT2D eigenvalue weighted by Crippen LogP contribution is 2.29. The first-order chi connectivity index (χ1) is 9.29. The Bertz CT molecular complexity index is 720. The van der Waals surface area contributed by atoms with Crippen molar-refractivity contribution in [1.29, 1.82) is 0 Å². The smallest absolute Gasteiger partial charge is 0.0780 e. The van der Waals surface area contributed by atoms with Gasteiger partial charge in [-0.25, -0.2) is 0 Å². The minimum atomic E-state index is 0.855. The quantitative estimate of drug-likeness (QED) is 0.533. The number of hydrogen-bond donors (Lipinski definition) is 0. The monoisotopic (exact) mass is 375 g/mol. The zero-order chi connectivity index (χ0) is 13.2. The summed E-state index contributed by atoms with van der Waals surface area (Å²) in [4.78, 5) is 4.55. The predicted octanol–water partition coefficient (Wildman–Crippen LogP) is 5.56. The summed E-state index contributed by atoms with van der Waals surface area (Å²) in [5, 5.41) is 3.31. The molecule has 19 heavy (non-hydrogen) atoms. The van der Waals surface area contributed by atoms with Crippen LogP contribution in [-0.2, 0) is 5.33 Å². The highest BCUT2D eigenvalue weighted by atomic mass is 79.9. The van der Waals surface area contributed by atoms with Crippen molar-refractivity contribution in [2.45, 2.75) is 5.33 Å². The summed E-state index contributed by atoms with van der Waals surface area (Å²) in [7, 11) is 0. The summed E-state index contributed by atoms with van der Waals surface area (Å²) >= 11 is 7.01. The average Bonchev–Trinajstić information content (AvgIpc) is 2.47. The van der Waals surface area contributed by atoms with E-state index in [1.165, 1.54) is 16.3 Å². The Morgan fingerprint density at radius 1 is 0.895 bits per heavy atom. The van der Waals surface area contributed by atoms with E-state index < -0.39 is 0 Å². The molecule has 1 nitrogen and oxygen atoms in total. The Morgan fingerprint density at radius 3 is 2.42 bits per heavy atom. The molecule has 0 bridgehead atoms. The van der Waals surface area contributed by atoms with Gasteiger partial charge in [-0.2, -0.15) is 0 Å². The van der Waals surface area contributed by atoms with E-state index >= 15 is 0 Å². The molecule has 0 atom stereocenters. The van der Waals surface area contributed by atoms with Crippen LogP contribution in [0.25, 0.3) is 22.0 Å². The Kier molecular flexibility index (Phi) is 3.67. The third kappa shape index (κ3) is 2.45. The number of nitrogens with zero attached hydrogens (tertiary/aromatic N) is 1. The molecule has 0 amide bonds. The number of benzene rings is 2. The van der Waals surface area contributed by atoms with Crippen LogP contribution in [0.3, 0.4) is 0 Å². The molecular weight excluding hydrogens is 366 g/mol. The van der Waals surface area contributed by atoms with Gasteiger partial charge in [-0.1, -0.05) is 62.2 Å². The summed E-state index contributed by atoms with van der Waals surface area (Å²) in [5.74, 6) is 0. The first-order valence-corrected chi connectivity index (χ1v) is 7.89. The predicted molar refractivity (Wildman–Crippen MR) is 87.5 cm³/mol. The maximum absolute atomic E-state index is 4.55. The third-order valence-electron chi connectivity index (χ3n) is 3.16. The SMILES string of the molecule is BrCc1cccc2c(-c3ccc(Br)cc3)nccc12. The molecule has 0 aliphatic heterocycles. The van der Waals surface area contributed by atoms with E-state index in [1.54, 1.807) is 0 Å². The van der Waals surface area contributed by atoms with E-state index in [0.29, 0.717) is 0 Å². The Balaban J connectivity index is 2.27. The zero-order valence-corrected chi connectivity index (χ0v) is 13.3. The standard InChI is InChI=1S/C16H11Br2N/c17-10-12-2-1-3-15-14(12)8-9-19-16(15)11-4-6-13(18)7-5-11/h1-9H,10H2. The van der Waals surface area contributed by atoms with Gasteiger partial charge in [0.1, 0.15) is 0 Å². The normalized spacial score (nSPS) is 10.8. The first kappa shape index (κ1) is 12.8. The van der Waals surface area contributed by atoms with E-state index in [0.717, 1.165) is 21.1 Å². The molecule has 1 aromatic heterocycles. The van der Waals surface area contributed by atoms with E-state index in [-0.39, 0.29) is 0 Å². The second-order valence-corrected chi connectivity index (χ2v) is 5.79. The van der Waals surface area contributed by atoms with Crippen LogP contribution >= 0.6 is 31.9 Å². The first-order valence-electron chi connectivity index (χ1n) is 5.98. The van der Waals surface area contributed by atoms with Crippen LogP contribution in [0.4, 0.5) is 0 Å². The van der Waals surface area contributed by atoms with Gasteiger partial charge < -0.3 is 0 Å². The number of rotatable bonds is 2. The van der Waals surface area contributed by atoms with Crippen LogP contribution in [0.1, 0.15) is 5.56 Å². The minimum Gasteiger partial charge on any atom is -0.256 e. The van der Waals surface area contributed by atoms with Gasteiger partial charge in [0.15, 0.2) is 0 Å². The summed E-state index contributed by atoms with van der Waals surface area (Å²) in [5.41, 5.74) is 3.46. The molecule has 0 unspecified atom stereocenters. The number of fused-ring (bicyclic) bond motifs is 1. The van der Waals surface area contributed by atoms with E-state index in [9.17, 15) is 0 Å². The van der Waals surface area contributed by atoms with Crippen LogP contribution in [0, 0.1) is 0 Å². The van der Waals surface area contributed by atoms with Crippen molar-refractivity contribution in [3.63, 3.8) is 0 Å². The molecule has 0 fully saturated rings. The fraction of sp³-hybridized carbons (Fsp3) is 0.0625. The molecule has 0 saturated heterocycles. The van der Waals surface area contributed by atoms with Crippen LogP contribution < -0.4 is 0 Å². The third-order valence-corrected chi connectivity index (χ3v) is 4.29. The largest absolute Gasteiger partial charge is 0.256 e. The molecule has 2 aromatic carbocycles. The molecule has 0 saturated carbocycles. The van der Waals surface area contributed by atoms with Gasteiger partial charge in [-0.3, -0.25) is 4.98 Å². The number of halogens is 2. The van der Waals surface area contributed by atoms with Crippen LogP contribution in [0.2, 0.25) is 0 Å². The molecule has 3 heteroatoms. The van der Waals surface area contributed by atoms with Gasteiger partial charge in [0.25, 0.3) is 0 Å². The van der Waals surface area contributed by atoms with Gasteiger partial charge in [-0.05, 0) is 29.1 Å². The summed E-state index contributed by atoms with van der Waals surface area (Å²) < 4.78 is 1.08. The lowest BCUT2D eigenvalue weighted by Crippen LogP contribution is -1.88. The summed E-state index contributed by atoms with van der Waals surface area (Å²) in [6.07, 6.45) is 1.88. The molecule has 3 aromatic rings. The average molecular weight is 377 g/mol. The fourth-order valence-electron chi connectivity index (χ4n) is 2.23. The van der Waals surface area contributed by atoms with Gasteiger partial charge >= 0.3 is 0 Å². The van der Waals surface area contributed by atoms with Crippen molar-refractivity contribution in [2.24, 2.45) is 0 Å². The Hall–Kier alpha value is -1.19. The van der Waals surface area contributed by atoms with Gasteiger partial charge in [0.05, 0.1) is 5.69 Å². The van der Waals surface area contributed by atoms with Crippen molar-refractivity contribution in [3.05, 3.63) is 64.8 Å². The molecule has 0 radical (unpaired) electrons. The van der Waals surface area contributed by atoms with E-state index in [1.807, 2.05) is 18.3 Å².